The first-order chi connectivity index (χ1) is 12.0. The first-order valence-corrected chi connectivity index (χ1v) is 7.90. The maximum atomic E-state index is 13.3. The molecule has 2 N–H and O–H groups in total. The van der Waals surface area contributed by atoms with Gasteiger partial charge < -0.3 is 10.6 Å². The van der Waals surface area contributed by atoms with E-state index in [1.54, 1.807) is 0 Å². The number of nitrogens with zero attached hydrogens (tertiary/aromatic N) is 2. The van der Waals surface area contributed by atoms with Crippen molar-refractivity contribution in [3.05, 3.63) is 77.5 Å². The van der Waals surface area contributed by atoms with Crippen LogP contribution in [0.2, 0.25) is 0 Å². The van der Waals surface area contributed by atoms with E-state index < -0.39 is 11.6 Å². The zero-order valence-corrected chi connectivity index (χ0v) is 13.9. The monoisotopic (exact) mass is 340 g/mol. The van der Waals surface area contributed by atoms with Crippen molar-refractivity contribution >= 4 is 17.5 Å². The Morgan fingerprint density at radius 3 is 2.40 bits per heavy atom. The molecule has 0 aliphatic heterocycles. The average Bonchev–Trinajstić information content (AvgIpc) is 2.58. The first kappa shape index (κ1) is 16.8. The normalized spacial score (nSPS) is 11.8. The van der Waals surface area contributed by atoms with Gasteiger partial charge in [-0.15, -0.1) is 0 Å². The second-order valence-corrected chi connectivity index (χ2v) is 5.75. The lowest BCUT2D eigenvalue weighted by atomic mass is 10.1. The molecule has 1 unspecified atom stereocenters. The quantitative estimate of drug-likeness (QED) is 0.688. The van der Waals surface area contributed by atoms with Gasteiger partial charge >= 0.3 is 0 Å². The molecule has 25 heavy (non-hydrogen) atoms. The molecule has 128 valence electrons. The second-order valence-electron chi connectivity index (χ2n) is 5.75. The van der Waals surface area contributed by atoms with Crippen molar-refractivity contribution in [2.75, 3.05) is 10.6 Å². The number of aryl methyl sites for hydroxylation is 1. The van der Waals surface area contributed by atoms with Crippen molar-refractivity contribution < 1.29 is 8.78 Å². The van der Waals surface area contributed by atoms with Crippen LogP contribution >= 0.6 is 0 Å². The molecule has 0 radical (unpaired) electrons. The molecule has 3 rings (SSSR count). The Kier molecular flexibility index (Phi) is 4.88. The van der Waals surface area contributed by atoms with E-state index in [2.05, 4.69) is 20.6 Å². The number of halogens is 2. The maximum absolute atomic E-state index is 13.3. The zero-order chi connectivity index (χ0) is 17.8. The Labute approximate surface area is 145 Å². The number of benzene rings is 2. The summed E-state index contributed by atoms with van der Waals surface area (Å²) < 4.78 is 26.4. The van der Waals surface area contributed by atoms with Gasteiger partial charge in [0.1, 0.15) is 5.82 Å². The van der Waals surface area contributed by atoms with Gasteiger partial charge in [0.25, 0.3) is 0 Å². The highest BCUT2D eigenvalue weighted by atomic mass is 19.2. The largest absolute Gasteiger partial charge is 0.363 e. The standard InChI is InChI=1S/C19H18F2N4/c1-12-10-18(23-13(2)14-6-4-3-5-7-14)25-19(22-12)24-15-8-9-16(20)17(21)11-15/h3-11,13H,1-2H3,(H2,22,23,24,25). The number of hydrogen-bond donors (Lipinski definition) is 2. The summed E-state index contributed by atoms with van der Waals surface area (Å²) in [5.41, 5.74) is 2.27. The average molecular weight is 340 g/mol. The summed E-state index contributed by atoms with van der Waals surface area (Å²) in [6.45, 7) is 3.88. The molecule has 6 heteroatoms. The Morgan fingerprint density at radius 2 is 1.68 bits per heavy atom. The van der Waals surface area contributed by atoms with Crippen LogP contribution in [-0.4, -0.2) is 9.97 Å². The molecule has 1 atom stereocenters. The van der Waals surface area contributed by atoms with E-state index in [-0.39, 0.29) is 6.04 Å². The van der Waals surface area contributed by atoms with Gasteiger partial charge in [0.05, 0.1) is 0 Å². The van der Waals surface area contributed by atoms with Crippen LogP contribution in [0.5, 0.6) is 0 Å². The third kappa shape index (κ3) is 4.29. The summed E-state index contributed by atoms with van der Waals surface area (Å²) >= 11 is 0. The molecule has 0 fully saturated rings. The van der Waals surface area contributed by atoms with E-state index in [0.717, 1.165) is 23.4 Å². The molecular weight excluding hydrogens is 322 g/mol. The predicted molar refractivity (Wildman–Crippen MR) is 94.9 cm³/mol. The highest BCUT2D eigenvalue weighted by Crippen LogP contribution is 2.21. The van der Waals surface area contributed by atoms with Gasteiger partial charge in [0, 0.05) is 29.6 Å². The molecule has 2 aromatic carbocycles. The molecule has 0 aliphatic rings. The van der Waals surface area contributed by atoms with Crippen LogP contribution in [0, 0.1) is 18.6 Å². The van der Waals surface area contributed by atoms with Crippen LogP contribution in [0.3, 0.4) is 0 Å². The summed E-state index contributed by atoms with van der Waals surface area (Å²) in [5.74, 6) is -0.855. The lowest BCUT2D eigenvalue weighted by Gasteiger charge is -2.16. The number of rotatable bonds is 5. The van der Waals surface area contributed by atoms with Crippen LogP contribution in [0.15, 0.2) is 54.6 Å². The Morgan fingerprint density at radius 1 is 0.920 bits per heavy atom. The number of anilines is 3. The summed E-state index contributed by atoms with van der Waals surface area (Å²) in [7, 11) is 0. The maximum Gasteiger partial charge on any atom is 0.229 e. The van der Waals surface area contributed by atoms with Gasteiger partial charge in [0.15, 0.2) is 11.6 Å². The molecule has 0 saturated heterocycles. The van der Waals surface area contributed by atoms with Crippen molar-refractivity contribution in [3.8, 4) is 0 Å². The summed E-state index contributed by atoms with van der Waals surface area (Å²) in [6.07, 6.45) is 0. The van der Waals surface area contributed by atoms with Crippen molar-refractivity contribution in [2.24, 2.45) is 0 Å². The highest BCUT2D eigenvalue weighted by molar-refractivity contribution is 5.55. The summed E-state index contributed by atoms with van der Waals surface area (Å²) in [5, 5.41) is 6.22. The van der Waals surface area contributed by atoms with E-state index in [0.29, 0.717) is 17.5 Å². The fourth-order valence-electron chi connectivity index (χ4n) is 2.45. The third-order valence-corrected chi connectivity index (χ3v) is 3.69. The molecule has 1 aromatic heterocycles. The number of hydrogen-bond acceptors (Lipinski definition) is 4. The van der Waals surface area contributed by atoms with Crippen molar-refractivity contribution in [3.63, 3.8) is 0 Å². The fourth-order valence-corrected chi connectivity index (χ4v) is 2.45. The van der Waals surface area contributed by atoms with Gasteiger partial charge in [-0.3, -0.25) is 0 Å². The molecule has 0 spiro atoms. The van der Waals surface area contributed by atoms with Crippen LogP contribution in [0.4, 0.5) is 26.2 Å². The van der Waals surface area contributed by atoms with Crippen LogP contribution in [0.25, 0.3) is 0 Å². The van der Waals surface area contributed by atoms with Crippen molar-refractivity contribution in [2.45, 2.75) is 19.9 Å². The van der Waals surface area contributed by atoms with Crippen molar-refractivity contribution in [1.29, 1.82) is 0 Å². The van der Waals surface area contributed by atoms with Gasteiger partial charge in [-0.1, -0.05) is 30.3 Å². The van der Waals surface area contributed by atoms with E-state index >= 15 is 0 Å². The SMILES string of the molecule is Cc1cc(NC(C)c2ccccc2)nc(Nc2ccc(F)c(F)c2)n1. The van der Waals surface area contributed by atoms with Gasteiger partial charge in [-0.25, -0.2) is 13.8 Å². The van der Waals surface area contributed by atoms with E-state index in [1.165, 1.54) is 6.07 Å². The van der Waals surface area contributed by atoms with Crippen molar-refractivity contribution in [1.82, 2.24) is 9.97 Å². The number of aromatic nitrogens is 2. The van der Waals surface area contributed by atoms with Gasteiger partial charge in [-0.05, 0) is 31.5 Å². The highest BCUT2D eigenvalue weighted by Gasteiger charge is 2.09. The Hall–Kier alpha value is -3.02. The number of nitrogens with one attached hydrogen (secondary N) is 2. The molecule has 1 heterocycles. The minimum Gasteiger partial charge on any atom is -0.363 e. The van der Waals surface area contributed by atoms with E-state index in [9.17, 15) is 8.78 Å². The van der Waals surface area contributed by atoms with Gasteiger partial charge in [0.2, 0.25) is 5.95 Å². The fraction of sp³-hybridized carbons (Fsp3) is 0.158. The van der Waals surface area contributed by atoms with E-state index in [1.807, 2.05) is 50.2 Å². The molecular formula is C19H18F2N4. The van der Waals surface area contributed by atoms with Gasteiger partial charge in [-0.2, -0.15) is 4.98 Å². The Bertz CT molecular complexity index is 869. The molecule has 3 aromatic rings. The first-order valence-electron chi connectivity index (χ1n) is 7.90. The zero-order valence-electron chi connectivity index (χ0n) is 13.9. The molecule has 4 nitrogen and oxygen atoms in total. The smallest absolute Gasteiger partial charge is 0.229 e. The molecule has 0 amide bonds. The minimum absolute atomic E-state index is 0.0617. The van der Waals surface area contributed by atoms with Crippen LogP contribution < -0.4 is 10.6 Å². The minimum atomic E-state index is -0.922. The summed E-state index contributed by atoms with van der Waals surface area (Å²) in [4.78, 5) is 8.68. The second kappa shape index (κ2) is 7.25. The predicted octanol–water partition coefficient (Wildman–Crippen LogP) is 4.98. The Balaban J connectivity index is 1.79. The topological polar surface area (TPSA) is 49.8 Å². The molecule has 0 saturated carbocycles. The van der Waals surface area contributed by atoms with E-state index in [4.69, 9.17) is 0 Å². The van der Waals surface area contributed by atoms with Crippen LogP contribution in [-0.2, 0) is 0 Å². The third-order valence-electron chi connectivity index (χ3n) is 3.69. The molecule has 0 aliphatic carbocycles. The lowest BCUT2D eigenvalue weighted by Crippen LogP contribution is -2.10. The lowest BCUT2D eigenvalue weighted by molar-refractivity contribution is 0.509. The summed E-state index contributed by atoms with van der Waals surface area (Å²) in [6, 6.07) is 15.5. The van der Waals surface area contributed by atoms with Crippen LogP contribution in [0.1, 0.15) is 24.2 Å². The molecule has 0 bridgehead atoms.